The van der Waals surface area contributed by atoms with Crippen LogP contribution in [0.4, 0.5) is 5.82 Å². The van der Waals surface area contributed by atoms with Gasteiger partial charge in [0.25, 0.3) is 0 Å². The smallest absolute Gasteiger partial charge is 0.161 e. The van der Waals surface area contributed by atoms with Crippen LogP contribution in [0.1, 0.15) is 18.5 Å². The zero-order chi connectivity index (χ0) is 14.5. The second-order valence-electron chi connectivity index (χ2n) is 4.20. The molecule has 0 radical (unpaired) electrons. The molecule has 1 aromatic carbocycles. The molecule has 20 heavy (non-hydrogen) atoms. The minimum atomic E-state index is 0.0704. The quantitative estimate of drug-likeness (QED) is 0.905. The van der Waals surface area contributed by atoms with Crippen LogP contribution in [0.25, 0.3) is 0 Å². The Kier molecular flexibility index (Phi) is 4.79. The molecule has 106 valence electrons. The molecule has 0 aliphatic rings. The Hall–Kier alpha value is -1.82. The number of benzene rings is 1. The molecule has 6 heteroatoms. The van der Waals surface area contributed by atoms with Crippen LogP contribution in [0.3, 0.4) is 0 Å². The fourth-order valence-electron chi connectivity index (χ4n) is 1.83. The van der Waals surface area contributed by atoms with Crippen LogP contribution in [0.5, 0.6) is 11.5 Å². The highest BCUT2D eigenvalue weighted by molar-refractivity contribution is 9.10. The van der Waals surface area contributed by atoms with Crippen molar-refractivity contribution >= 4 is 21.7 Å². The third-order valence-corrected chi connectivity index (χ3v) is 3.51. The molecule has 5 nitrogen and oxygen atoms in total. The number of halogens is 1. The second-order valence-corrected chi connectivity index (χ2v) is 5.05. The van der Waals surface area contributed by atoms with Crippen LogP contribution in [-0.4, -0.2) is 24.2 Å². The number of anilines is 1. The van der Waals surface area contributed by atoms with Crippen LogP contribution in [0.15, 0.2) is 35.2 Å². The Bertz CT molecular complexity index is 592. The van der Waals surface area contributed by atoms with E-state index >= 15 is 0 Å². The first-order valence-electron chi connectivity index (χ1n) is 6.09. The molecule has 0 bridgehead atoms. The van der Waals surface area contributed by atoms with Gasteiger partial charge in [-0.3, -0.25) is 0 Å². The first-order valence-corrected chi connectivity index (χ1v) is 6.89. The second kappa shape index (κ2) is 6.56. The van der Waals surface area contributed by atoms with Crippen molar-refractivity contribution in [2.75, 3.05) is 19.5 Å². The van der Waals surface area contributed by atoms with Crippen molar-refractivity contribution in [3.05, 3.63) is 40.8 Å². The van der Waals surface area contributed by atoms with E-state index in [9.17, 15) is 0 Å². The lowest BCUT2D eigenvalue weighted by Gasteiger charge is -2.17. The number of aromatic nitrogens is 2. The molecule has 1 heterocycles. The molecular weight excluding hydrogens is 322 g/mol. The Balaban J connectivity index is 2.21. The number of hydrogen-bond acceptors (Lipinski definition) is 5. The molecule has 1 atom stereocenters. The fraction of sp³-hybridized carbons (Fsp3) is 0.286. The topological polar surface area (TPSA) is 56.3 Å². The van der Waals surface area contributed by atoms with E-state index in [-0.39, 0.29) is 6.04 Å². The number of ether oxygens (including phenoxy) is 2. The van der Waals surface area contributed by atoms with E-state index in [4.69, 9.17) is 9.47 Å². The van der Waals surface area contributed by atoms with E-state index < -0.39 is 0 Å². The van der Waals surface area contributed by atoms with Crippen molar-refractivity contribution in [2.45, 2.75) is 13.0 Å². The van der Waals surface area contributed by atoms with Crippen molar-refractivity contribution in [1.29, 1.82) is 0 Å². The summed E-state index contributed by atoms with van der Waals surface area (Å²) in [6.07, 6.45) is 3.21. The van der Waals surface area contributed by atoms with Crippen LogP contribution < -0.4 is 14.8 Å². The van der Waals surface area contributed by atoms with E-state index in [1.807, 2.05) is 18.2 Å². The van der Waals surface area contributed by atoms with Gasteiger partial charge >= 0.3 is 0 Å². The number of nitrogens with one attached hydrogen (secondary N) is 1. The molecule has 1 aromatic heterocycles. The molecule has 1 N–H and O–H groups in total. The highest BCUT2D eigenvalue weighted by Gasteiger charge is 2.11. The molecule has 1 unspecified atom stereocenters. The predicted octanol–water partition coefficient (Wildman–Crippen LogP) is 3.43. The summed E-state index contributed by atoms with van der Waals surface area (Å²) >= 11 is 3.42. The van der Waals surface area contributed by atoms with Crippen LogP contribution in [0.2, 0.25) is 0 Å². The van der Waals surface area contributed by atoms with Gasteiger partial charge in [0.05, 0.1) is 24.7 Å². The maximum atomic E-state index is 5.31. The van der Waals surface area contributed by atoms with Gasteiger partial charge in [0.1, 0.15) is 12.1 Å². The summed E-state index contributed by atoms with van der Waals surface area (Å²) < 4.78 is 11.4. The summed E-state index contributed by atoms with van der Waals surface area (Å²) in [5.41, 5.74) is 1.08. The zero-order valence-corrected chi connectivity index (χ0v) is 13.1. The molecule has 0 saturated heterocycles. The number of nitrogens with zero attached hydrogens (tertiary/aromatic N) is 2. The molecule has 0 aliphatic carbocycles. The van der Waals surface area contributed by atoms with Crippen molar-refractivity contribution < 1.29 is 9.47 Å². The lowest BCUT2D eigenvalue weighted by atomic mass is 10.1. The third-order valence-electron chi connectivity index (χ3n) is 2.93. The van der Waals surface area contributed by atoms with Gasteiger partial charge in [-0.1, -0.05) is 6.07 Å². The van der Waals surface area contributed by atoms with E-state index in [1.165, 1.54) is 6.33 Å². The van der Waals surface area contributed by atoms with Crippen LogP contribution in [0, 0.1) is 0 Å². The van der Waals surface area contributed by atoms with Gasteiger partial charge < -0.3 is 14.8 Å². The third kappa shape index (κ3) is 3.19. The van der Waals surface area contributed by atoms with Gasteiger partial charge in [0, 0.05) is 6.20 Å². The summed E-state index contributed by atoms with van der Waals surface area (Å²) in [4.78, 5) is 8.14. The lowest BCUT2D eigenvalue weighted by molar-refractivity contribution is 0.354. The van der Waals surface area contributed by atoms with Gasteiger partial charge in [-0.25, -0.2) is 9.97 Å². The summed E-state index contributed by atoms with van der Waals surface area (Å²) in [5, 5.41) is 3.32. The first-order chi connectivity index (χ1) is 9.65. The highest BCUT2D eigenvalue weighted by atomic mass is 79.9. The Morgan fingerprint density at radius 2 is 1.95 bits per heavy atom. The lowest BCUT2D eigenvalue weighted by Crippen LogP contribution is -2.09. The number of methoxy groups -OCH3 is 2. The molecule has 2 rings (SSSR count). The van der Waals surface area contributed by atoms with Crippen LogP contribution >= 0.6 is 15.9 Å². The van der Waals surface area contributed by atoms with Crippen molar-refractivity contribution in [2.24, 2.45) is 0 Å². The molecule has 0 fully saturated rings. The summed E-state index contributed by atoms with van der Waals surface area (Å²) in [7, 11) is 3.25. The van der Waals surface area contributed by atoms with Gasteiger partial charge in [-0.15, -0.1) is 0 Å². The minimum absolute atomic E-state index is 0.0704. The van der Waals surface area contributed by atoms with Gasteiger partial charge in [0.2, 0.25) is 0 Å². The fourth-order valence-corrected chi connectivity index (χ4v) is 2.16. The molecule has 0 amide bonds. The normalized spacial score (nSPS) is 11.8. The minimum Gasteiger partial charge on any atom is -0.493 e. The van der Waals surface area contributed by atoms with Crippen molar-refractivity contribution in [3.8, 4) is 11.5 Å². The Morgan fingerprint density at radius 1 is 1.20 bits per heavy atom. The first kappa shape index (κ1) is 14.6. The Morgan fingerprint density at radius 3 is 2.60 bits per heavy atom. The van der Waals surface area contributed by atoms with Gasteiger partial charge in [0.15, 0.2) is 11.5 Å². The van der Waals surface area contributed by atoms with E-state index in [1.54, 1.807) is 20.4 Å². The molecule has 2 aromatic rings. The summed E-state index contributed by atoms with van der Waals surface area (Å²) in [6.45, 7) is 2.05. The van der Waals surface area contributed by atoms with E-state index in [2.05, 4.69) is 38.1 Å². The average Bonchev–Trinajstić information content (AvgIpc) is 2.48. The molecular formula is C14H16BrN3O2. The summed E-state index contributed by atoms with van der Waals surface area (Å²) in [6, 6.07) is 5.90. The summed E-state index contributed by atoms with van der Waals surface area (Å²) in [5.74, 6) is 2.18. The number of hydrogen-bond donors (Lipinski definition) is 1. The number of rotatable bonds is 5. The molecule has 0 aliphatic heterocycles. The maximum Gasteiger partial charge on any atom is 0.161 e. The van der Waals surface area contributed by atoms with E-state index in [0.717, 1.165) is 15.9 Å². The molecule has 0 saturated carbocycles. The highest BCUT2D eigenvalue weighted by Crippen LogP contribution is 2.31. The largest absolute Gasteiger partial charge is 0.493 e. The molecule has 0 spiro atoms. The van der Waals surface area contributed by atoms with Crippen molar-refractivity contribution in [1.82, 2.24) is 9.97 Å². The van der Waals surface area contributed by atoms with Gasteiger partial charge in [-0.05, 0) is 40.5 Å². The standard InChI is InChI=1S/C14H16BrN3O2/c1-9(18-14-11(15)7-16-8-17-14)10-4-5-12(19-2)13(6-10)20-3/h4-9H,1-3H3,(H,16,17,18). The predicted molar refractivity (Wildman–Crippen MR) is 81.3 cm³/mol. The monoisotopic (exact) mass is 337 g/mol. The zero-order valence-electron chi connectivity index (χ0n) is 11.6. The van der Waals surface area contributed by atoms with Crippen LogP contribution in [-0.2, 0) is 0 Å². The average molecular weight is 338 g/mol. The SMILES string of the molecule is COc1ccc(C(C)Nc2ncncc2Br)cc1OC. The van der Waals surface area contributed by atoms with E-state index in [0.29, 0.717) is 11.5 Å². The maximum absolute atomic E-state index is 5.31. The van der Waals surface area contributed by atoms with Crippen molar-refractivity contribution in [3.63, 3.8) is 0 Å². The Labute approximate surface area is 126 Å². The van der Waals surface area contributed by atoms with Gasteiger partial charge in [-0.2, -0.15) is 0 Å².